The van der Waals surface area contributed by atoms with Crippen LogP contribution in [0.4, 0.5) is 0 Å². The highest BCUT2D eigenvalue weighted by molar-refractivity contribution is 9.10. The van der Waals surface area contributed by atoms with Crippen molar-refractivity contribution in [2.45, 2.75) is 6.42 Å². The van der Waals surface area contributed by atoms with Gasteiger partial charge in [-0.2, -0.15) is 4.98 Å². The van der Waals surface area contributed by atoms with Gasteiger partial charge < -0.3 is 9.26 Å². The Morgan fingerprint density at radius 1 is 1.47 bits per heavy atom. The number of halogens is 2. The summed E-state index contributed by atoms with van der Waals surface area (Å²) in [7, 11) is 1.62. The molecule has 2 aromatic rings. The first-order valence-corrected chi connectivity index (χ1v) is 6.30. The van der Waals surface area contributed by atoms with E-state index in [0.717, 1.165) is 15.8 Å². The Morgan fingerprint density at radius 2 is 2.29 bits per heavy atom. The molecule has 90 valence electrons. The molecule has 0 spiro atoms. The van der Waals surface area contributed by atoms with Crippen LogP contribution < -0.4 is 4.74 Å². The van der Waals surface area contributed by atoms with Gasteiger partial charge in [-0.3, -0.25) is 0 Å². The van der Waals surface area contributed by atoms with Gasteiger partial charge in [-0.25, -0.2) is 0 Å². The van der Waals surface area contributed by atoms with Gasteiger partial charge in [-0.1, -0.05) is 5.16 Å². The van der Waals surface area contributed by atoms with Gasteiger partial charge in [-0.05, 0) is 34.1 Å². The first-order valence-electron chi connectivity index (χ1n) is 4.97. The summed E-state index contributed by atoms with van der Waals surface area (Å²) >= 11 is 9.01. The van der Waals surface area contributed by atoms with Crippen molar-refractivity contribution in [3.63, 3.8) is 0 Å². The van der Waals surface area contributed by atoms with Crippen molar-refractivity contribution in [1.82, 2.24) is 10.1 Å². The van der Waals surface area contributed by atoms with E-state index in [4.69, 9.17) is 20.9 Å². The molecule has 0 saturated heterocycles. The number of nitrogens with zero attached hydrogens (tertiary/aromatic N) is 2. The molecule has 2 rings (SSSR count). The number of hydrogen-bond acceptors (Lipinski definition) is 4. The summed E-state index contributed by atoms with van der Waals surface area (Å²) in [5.41, 5.74) is 0.863. The van der Waals surface area contributed by atoms with Crippen LogP contribution in [0, 0.1) is 0 Å². The SMILES string of the molecule is COc1ccc(-c2noc(CCCl)n2)cc1Br. The van der Waals surface area contributed by atoms with E-state index in [1.807, 2.05) is 18.2 Å². The molecule has 1 aromatic heterocycles. The van der Waals surface area contributed by atoms with Gasteiger partial charge in [0, 0.05) is 17.9 Å². The third-order valence-corrected chi connectivity index (χ3v) is 3.00. The third-order valence-electron chi connectivity index (χ3n) is 2.19. The lowest BCUT2D eigenvalue weighted by Gasteiger charge is -2.03. The van der Waals surface area contributed by atoms with E-state index in [1.54, 1.807) is 7.11 Å². The Bertz CT molecular complexity index is 516. The van der Waals surface area contributed by atoms with Crippen LogP contribution in [-0.2, 0) is 6.42 Å². The summed E-state index contributed by atoms with van der Waals surface area (Å²) < 4.78 is 11.1. The predicted molar refractivity (Wildman–Crippen MR) is 68.4 cm³/mol. The van der Waals surface area contributed by atoms with Crippen molar-refractivity contribution in [3.8, 4) is 17.1 Å². The molecule has 1 aromatic carbocycles. The van der Waals surface area contributed by atoms with Crippen LogP contribution in [0.25, 0.3) is 11.4 Å². The van der Waals surface area contributed by atoms with Gasteiger partial charge >= 0.3 is 0 Å². The molecule has 0 aliphatic heterocycles. The molecule has 6 heteroatoms. The highest BCUT2D eigenvalue weighted by Crippen LogP contribution is 2.29. The summed E-state index contributed by atoms with van der Waals surface area (Å²) in [5.74, 6) is 2.32. The molecule has 0 bridgehead atoms. The Morgan fingerprint density at radius 3 is 2.94 bits per heavy atom. The maximum absolute atomic E-state index is 5.60. The van der Waals surface area contributed by atoms with Crippen LogP contribution in [0.15, 0.2) is 27.2 Å². The van der Waals surface area contributed by atoms with Gasteiger partial charge in [0.2, 0.25) is 11.7 Å². The van der Waals surface area contributed by atoms with Crippen LogP contribution in [-0.4, -0.2) is 23.1 Å². The van der Waals surface area contributed by atoms with Crippen LogP contribution in [0.1, 0.15) is 5.89 Å². The maximum atomic E-state index is 5.60. The highest BCUT2D eigenvalue weighted by Gasteiger charge is 2.10. The molecule has 4 nitrogen and oxygen atoms in total. The molecule has 0 amide bonds. The number of benzene rings is 1. The largest absolute Gasteiger partial charge is 0.496 e. The average Bonchev–Trinajstić information content (AvgIpc) is 2.78. The molecule has 0 atom stereocenters. The normalized spacial score (nSPS) is 10.5. The smallest absolute Gasteiger partial charge is 0.228 e. The topological polar surface area (TPSA) is 48.2 Å². The molecule has 0 unspecified atom stereocenters. The summed E-state index contributed by atoms with van der Waals surface area (Å²) in [6, 6.07) is 5.60. The maximum Gasteiger partial charge on any atom is 0.228 e. The van der Waals surface area contributed by atoms with Crippen molar-refractivity contribution in [3.05, 3.63) is 28.6 Å². The van der Waals surface area contributed by atoms with Crippen molar-refractivity contribution in [1.29, 1.82) is 0 Å². The molecular formula is C11H10BrClN2O2. The van der Waals surface area contributed by atoms with Crippen LogP contribution in [0.5, 0.6) is 5.75 Å². The Balaban J connectivity index is 2.29. The van der Waals surface area contributed by atoms with E-state index in [9.17, 15) is 0 Å². The van der Waals surface area contributed by atoms with E-state index >= 15 is 0 Å². The quantitative estimate of drug-likeness (QED) is 0.812. The minimum atomic E-state index is 0.466. The average molecular weight is 318 g/mol. The summed E-state index contributed by atoms with van der Waals surface area (Å²) in [6.07, 6.45) is 0.575. The zero-order valence-electron chi connectivity index (χ0n) is 9.11. The number of ether oxygens (including phenoxy) is 1. The summed E-state index contributed by atoms with van der Waals surface area (Å²) in [6.45, 7) is 0. The second-order valence-corrected chi connectivity index (χ2v) is 4.53. The molecule has 0 saturated carbocycles. The molecule has 0 radical (unpaired) electrons. The van der Waals surface area contributed by atoms with E-state index < -0.39 is 0 Å². The third kappa shape index (κ3) is 2.79. The van der Waals surface area contributed by atoms with Gasteiger partial charge in [-0.15, -0.1) is 11.6 Å². The van der Waals surface area contributed by atoms with Crippen LogP contribution >= 0.6 is 27.5 Å². The van der Waals surface area contributed by atoms with Crippen molar-refractivity contribution < 1.29 is 9.26 Å². The highest BCUT2D eigenvalue weighted by atomic mass is 79.9. The number of aryl methyl sites for hydroxylation is 1. The summed E-state index contributed by atoms with van der Waals surface area (Å²) in [4.78, 5) is 4.24. The van der Waals surface area contributed by atoms with E-state index in [-0.39, 0.29) is 0 Å². The fourth-order valence-electron chi connectivity index (χ4n) is 1.36. The van der Waals surface area contributed by atoms with Gasteiger partial charge in [0.1, 0.15) is 5.75 Å². The standard InChI is InChI=1S/C11H10BrClN2O2/c1-16-9-3-2-7(6-8(9)12)11-14-10(4-5-13)17-15-11/h2-3,6H,4-5H2,1H3. The summed E-state index contributed by atoms with van der Waals surface area (Å²) in [5, 5.41) is 3.90. The van der Waals surface area contributed by atoms with E-state index in [1.165, 1.54) is 0 Å². The van der Waals surface area contributed by atoms with Crippen LogP contribution in [0.3, 0.4) is 0 Å². The van der Waals surface area contributed by atoms with Crippen molar-refractivity contribution in [2.24, 2.45) is 0 Å². The van der Waals surface area contributed by atoms with Gasteiger partial charge in [0.25, 0.3) is 0 Å². The van der Waals surface area contributed by atoms with Crippen molar-refractivity contribution in [2.75, 3.05) is 13.0 Å². The van der Waals surface area contributed by atoms with Crippen LogP contribution in [0.2, 0.25) is 0 Å². The van der Waals surface area contributed by atoms with Crippen molar-refractivity contribution >= 4 is 27.5 Å². The number of rotatable bonds is 4. The molecule has 1 heterocycles. The molecule has 0 fully saturated rings. The molecule has 0 aliphatic carbocycles. The Hall–Kier alpha value is -1.07. The number of hydrogen-bond donors (Lipinski definition) is 0. The lowest BCUT2D eigenvalue weighted by molar-refractivity contribution is 0.383. The molecule has 17 heavy (non-hydrogen) atoms. The van der Waals surface area contributed by atoms with Gasteiger partial charge in [0.05, 0.1) is 11.6 Å². The van der Waals surface area contributed by atoms with Gasteiger partial charge in [0.15, 0.2) is 0 Å². The second kappa shape index (κ2) is 5.51. The molecule has 0 N–H and O–H groups in total. The fraction of sp³-hybridized carbons (Fsp3) is 0.273. The monoisotopic (exact) mass is 316 g/mol. The van der Waals surface area contributed by atoms with E-state index in [2.05, 4.69) is 26.1 Å². The van der Waals surface area contributed by atoms with E-state index in [0.29, 0.717) is 24.0 Å². The number of alkyl halides is 1. The first kappa shape index (κ1) is 12.4. The lowest BCUT2D eigenvalue weighted by Crippen LogP contribution is -1.88. The Labute approximate surface area is 112 Å². The fourth-order valence-corrected chi connectivity index (χ4v) is 2.06. The Kier molecular flexibility index (Phi) is 4.02. The molecule has 0 aliphatic rings. The zero-order chi connectivity index (χ0) is 12.3. The predicted octanol–water partition coefficient (Wildman–Crippen LogP) is 3.29. The first-order chi connectivity index (χ1) is 8.24. The minimum Gasteiger partial charge on any atom is -0.496 e. The second-order valence-electron chi connectivity index (χ2n) is 3.30. The molecular weight excluding hydrogens is 307 g/mol. The minimum absolute atomic E-state index is 0.466. The zero-order valence-corrected chi connectivity index (χ0v) is 11.5. The number of aromatic nitrogens is 2. The lowest BCUT2D eigenvalue weighted by atomic mass is 10.2. The number of methoxy groups -OCH3 is 1.